The van der Waals surface area contributed by atoms with Gasteiger partial charge in [-0.3, -0.25) is 9.59 Å². The number of carbonyl (C=O) groups is 2. The molecule has 3 rings (SSSR count). The van der Waals surface area contributed by atoms with Crippen molar-refractivity contribution in [2.24, 2.45) is 0 Å². The summed E-state index contributed by atoms with van der Waals surface area (Å²) >= 11 is 0. The van der Waals surface area contributed by atoms with Gasteiger partial charge in [0.15, 0.2) is 5.82 Å². The molecule has 1 aromatic rings. The summed E-state index contributed by atoms with van der Waals surface area (Å²) in [5.41, 5.74) is 1.42. The van der Waals surface area contributed by atoms with Gasteiger partial charge in [-0.2, -0.15) is 0 Å². The number of imidazole rings is 1. The lowest BCUT2D eigenvalue weighted by molar-refractivity contribution is 0.0766. The molecule has 2 aliphatic rings. The third-order valence-electron chi connectivity index (χ3n) is 5.26. The number of aromatic nitrogens is 2. The first-order chi connectivity index (χ1) is 11.7. The van der Waals surface area contributed by atoms with Crippen LogP contribution in [0.25, 0.3) is 0 Å². The van der Waals surface area contributed by atoms with E-state index in [2.05, 4.69) is 10.3 Å². The van der Waals surface area contributed by atoms with Gasteiger partial charge in [0.25, 0.3) is 11.8 Å². The molecule has 0 spiro atoms. The van der Waals surface area contributed by atoms with Crippen LogP contribution in [-0.2, 0) is 13.0 Å². The number of nitrogens with one attached hydrogen (secondary N) is 1. The van der Waals surface area contributed by atoms with Crippen molar-refractivity contribution in [1.29, 1.82) is 0 Å². The monoisotopic (exact) mass is 332 g/mol. The van der Waals surface area contributed by atoms with Gasteiger partial charge in [-0.15, -0.1) is 0 Å². The second-order valence-corrected chi connectivity index (χ2v) is 6.77. The second kappa shape index (κ2) is 7.36. The van der Waals surface area contributed by atoms with Crippen molar-refractivity contribution in [1.82, 2.24) is 19.8 Å². The van der Waals surface area contributed by atoms with E-state index < -0.39 is 0 Å². The number of hydrogen-bond acceptors (Lipinski definition) is 3. The highest BCUT2D eigenvalue weighted by Crippen LogP contribution is 2.23. The quantitative estimate of drug-likeness (QED) is 0.900. The maximum atomic E-state index is 12.8. The molecule has 1 aliphatic carbocycles. The Morgan fingerprint density at radius 2 is 1.88 bits per heavy atom. The Balaban J connectivity index is 1.89. The van der Waals surface area contributed by atoms with Gasteiger partial charge >= 0.3 is 0 Å². The number of amides is 2. The molecule has 132 valence electrons. The van der Waals surface area contributed by atoms with Gasteiger partial charge in [-0.1, -0.05) is 12.8 Å². The first kappa shape index (κ1) is 17.0. The van der Waals surface area contributed by atoms with Crippen LogP contribution in [0.15, 0.2) is 0 Å². The molecule has 1 aliphatic heterocycles. The van der Waals surface area contributed by atoms with Crippen molar-refractivity contribution in [2.75, 3.05) is 13.1 Å². The topological polar surface area (TPSA) is 67.2 Å². The standard InChI is InChI=1S/C18H28N4O2/c1-3-21(4-2)18(24)15-14-11-7-8-12-22(14)16(20-15)17(23)19-13-9-5-6-10-13/h13H,3-12H2,1-2H3,(H,19,23). The Bertz CT molecular complexity index is 613. The fourth-order valence-electron chi connectivity index (χ4n) is 3.87. The molecule has 0 saturated heterocycles. The number of carbonyl (C=O) groups excluding carboxylic acids is 2. The minimum Gasteiger partial charge on any atom is -0.347 e. The molecule has 2 heterocycles. The van der Waals surface area contributed by atoms with Crippen molar-refractivity contribution >= 4 is 11.8 Å². The predicted molar refractivity (Wildman–Crippen MR) is 92.1 cm³/mol. The lowest BCUT2D eigenvalue weighted by Crippen LogP contribution is -2.35. The third-order valence-corrected chi connectivity index (χ3v) is 5.26. The number of fused-ring (bicyclic) bond motifs is 1. The maximum absolute atomic E-state index is 12.8. The zero-order chi connectivity index (χ0) is 17.1. The fraction of sp³-hybridized carbons (Fsp3) is 0.722. The molecule has 1 saturated carbocycles. The maximum Gasteiger partial charge on any atom is 0.287 e. The van der Waals surface area contributed by atoms with E-state index in [0.717, 1.165) is 44.3 Å². The van der Waals surface area contributed by atoms with Gasteiger partial charge in [0, 0.05) is 25.7 Å². The fourth-order valence-corrected chi connectivity index (χ4v) is 3.87. The summed E-state index contributed by atoms with van der Waals surface area (Å²) in [5, 5.41) is 3.11. The lowest BCUT2D eigenvalue weighted by Gasteiger charge is -2.20. The van der Waals surface area contributed by atoms with Gasteiger partial charge in [-0.05, 0) is 46.0 Å². The number of rotatable bonds is 5. The van der Waals surface area contributed by atoms with Crippen LogP contribution >= 0.6 is 0 Å². The summed E-state index contributed by atoms with van der Waals surface area (Å²) in [6.45, 7) is 6.03. The largest absolute Gasteiger partial charge is 0.347 e. The van der Waals surface area contributed by atoms with E-state index >= 15 is 0 Å². The van der Waals surface area contributed by atoms with Gasteiger partial charge < -0.3 is 14.8 Å². The minimum atomic E-state index is -0.122. The van der Waals surface area contributed by atoms with Gasteiger partial charge in [0.2, 0.25) is 0 Å². The Morgan fingerprint density at radius 3 is 2.54 bits per heavy atom. The SMILES string of the molecule is CCN(CC)C(=O)c1nc(C(=O)NC2CCCC2)n2c1CCCC2. The molecular weight excluding hydrogens is 304 g/mol. The van der Waals surface area contributed by atoms with Crippen molar-refractivity contribution in [2.45, 2.75) is 71.4 Å². The Kier molecular flexibility index (Phi) is 5.21. The van der Waals surface area contributed by atoms with Crippen LogP contribution in [0.5, 0.6) is 0 Å². The highest BCUT2D eigenvalue weighted by molar-refractivity contribution is 5.97. The summed E-state index contributed by atoms with van der Waals surface area (Å²) < 4.78 is 1.98. The molecule has 6 heteroatoms. The average molecular weight is 332 g/mol. The van der Waals surface area contributed by atoms with Crippen LogP contribution in [0, 0.1) is 0 Å². The molecule has 1 N–H and O–H groups in total. The first-order valence-electron chi connectivity index (χ1n) is 9.35. The minimum absolute atomic E-state index is 0.0504. The molecule has 1 aromatic heterocycles. The van der Waals surface area contributed by atoms with E-state index in [9.17, 15) is 9.59 Å². The normalized spacial score (nSPS) is 17.6. The van der Waals surface area contributed by atoms with Crippen molar-refractivity contribution in [3.8, 4) is 0 Å². The van der Waals surface area contributed by atoms with E-state index in [-0.39, 0.29) is 17.9 Å². The van der Waals surface area contributed by atoms with E-state index in [1.165, 1.54) is 12.8 Å². The average Bonchev–Trinajstić information content (AvgIpc) is 3.23. The Hall–Kier alpha value is -1.85. The Labute approximate surface area is 143 Å². The van der Waals surface area contributed by atoms with E-state index in [4.69, 9.17) is 0 Å². The van der Waals surface area contributed by atoms with Gasteiger partial charge in [0.05, 0.1) is 5.69 Å². The molecule has 0 atom stereocenters. The highest BCUT2D eigenvalue weighted by atomic mass is 16.2. The number of hydrogen-bond donors (Lipinski definition) is 1. The van der Waals surface area contributed by atoms with Crippen LogP contribution < -0.4 is 5.32 Å². The summed E-state index contributed by atoms with van der Waals surface area (Å²) in [4.78, 5) is 31.8. The van der Waals surface area contributed by atoms with Crippen molar-refractivity contribution in [3.05, 3.63) is 17.2 Å². The summed E-state index contributed by atoms with van der Waals surface area (Å²) in [6.07, 6.45) is 7.35. The predicted octanol–water partition coefficient (Wildman–Crippen LogP) is 2.37. The highest BCUT2D eigenvalue weighted by Gasteiger charge is 2.30. The molecule has 24 heavy (non-hydrogen) atoms. The van der Waals surface area contributed by atoms with Crippen LogP contribution in [0.3, 0.4) is 0 Å². The van der Waals surface area contributed by atoms with E-state index in [1.807, 2.05) is 18.4 Å². The van der Waals surface area contributed by atoms with E-state index in [1.54, 1.807) is 4.90 Å². The smallest absolute Gasteiger partial charge is 0.287 e. The third kappa shape index (κ3) is 3.19. The van der Waals surface area contributed by atoms with E-state index in [0.29, 0.717) is 24.6 Å². The summed E-state index contributed by atoms with van der Waals surface area (Å²) in [5.74, 6) is 0.251. The first-order valence-corrected chi connectivity index (χ1v) is 9.35. The molecule has 2 amide bonds. The summed E-state index contributed by atoms with van der Waals surface area (Å²) in [6, 6.07) is 0.260. The van der Waals surface area contributed by atoms with Crippen LogP contribution in [0.1, 0.15) is 79.2 Å². The van der Waals surface area contributed by atoms with Crippen molar-refractivity contribution < 1.29 is 9.59 Å². The zero-order valence-electron chi connectivity index (χ0n) is 14.8. The Morgan fingerprint density at radius 1 is 1.17 bits per heavy atom. The van der Waals surface area contributed by atoms with Crippen molar-refractivity contribution in [3.63, 3.8) is 0 Å². The second-order valence-electron chi connectivity index (χ2n) is 6.77. The molecule has 6 nitrogen and oxygen atoms in total. The molecule has 0 unspecified atom stereocenters. The van der Waals surface area contributed by atoms with Crippen LogP contribution in [0.2, 0.25) is 0 Å². The number of nitrogens with zero attached hydrogens (tertiary/aromatic N) is 3. The molecule has 0 aromatic carbocycles. The molecule has 1 fully saturated rings. The van der Waals surface area contributed by atoms with Crippen LogP contribution in [-0.4, -0.2) is 45.4 Å². The molecular formula is C18H28N4O2. The molecule has 0 bridgehead atoms. The lowest BCUT2D eigenvalue weighted by atomic mass is 10.1. The van der Waals surface area contributed by atoms with Crippen LogP contribution in [0.4, 0.5) is 0 Å². The van der Waals surface area contributed by atoms with Gasteiger partial charge in [-0.25, -0.2) is 4.98 Å². The summed E-state index contributed by atoms with van der Waals surface area (Å²) in [7, 11) is 0. The zero-order valence-corrected chi connectivity index (χ0v) is 14.8. The van der Waals surface area contributed by atoms with Gasteiger partial charge in [0.1, 0.15) is 5.69 Å². The molecule has 0 radical (unpaired) electrons.